The quantitative estimate of drug-likeness (QED) is 0.558. The molecule has 1 atom stereocenters. The second-order valence-electron chi connectivity index (χ2n) is 8.17. The van der Waals surface area contributed by atoms with E-state index in [0.29, 0.717) is 5.70 Å². The van der Waals surface area contributed by atoms with Crippen LogP contribution in [-0.2, 0) is 4.79 Å². The minimum absolute atomic E-state index is 0.0395. The summed E-state index contributed by atoms with van der Waals surface area (Å²) >= 11 is 0. The van der Waals surface area contributed by atoms with Gasteiger partial charge in [-0.05, 0) is 98.0 Å². The molecule has 1 aliphatic rings. The van der Waals surface area contributed by atoms with Gasteiger partial charge in [0.1, 0.15) is 11.4 Å². The molecule has 3 aromatic carbocycles. The third-order valence-corrected chi connectivity index (χ3v) is 6.06. The Bertz CT molecular complexity index is 1160. The molecule has 4 rings (SSSR count). The first kappa shape index (κ1) is 20.7. The van der Waals surface area contributed by atoms with Gasteiger partial charge in [-0.2, -0.15) is 0 Å². The van der Waals surface area contributed by atoms with E-state index in [1.165, 1.54) is 16.7 Å². The van der Waals surface area contributed by atoms with Crippen molar-refractivity contribution in [1.82, 2.24) is 0 Å². The predicted octanol–water partition coefficient (Wildman–Crippen LogP) is 6.01. The molecule has 0 aromatic heterocycles. The largest absolute Gasteiger partial charge is 0.497 e. The number of anilines is 2. The number of rotatable bonds is 5. The van der Waals surface area contributed by atoms with Gasteiger partial charge in [-0.15, -0.1) is 0 Å². The number of aryl methyl sites for hydroxylation is 4. The number of methoxy groups -OCH3 is 1. The zero-order valence-corrected chi connectivity index (χ0v) is 18.7. The number of nitrogens with zero attached hydrogens (tertiary/aromatic N) is 1. The molecule has 3 aromatic rings. The molecule has 31 heavy (non-hydrogen) atoms. The number of carbonyl (C=O) groups excluding carboxylic acids is 1. The Kier molecular flexibility index (Phi) is 5.55. The molecule has 0 radical (unpaired) electrons. The molecule has 1 N–H and O–H groups in total. The highest BCUT2D eigenvalue weighted by molar-refractivity contribution is 6.11. The van der Waals surface area contributed by atoms with Gasteiger partial charge in [-0.1, -0.05) is 24.3 Å². The third kappa shape index (κ3) is 4.06. The van der Waals surface area contributed by atoms with Crippen LogP contribution in [0.3, 0.4) is 0 Å². The second-order valence-corrected chi connectivity index (χ2v) is 8.17. The monoisotopic (exact) mass is 412 g/mol. The Morgan fingerprint density at radius 3 is 2.06 bits per heavy atom. The molecule has 1 amide bonds. The number of carbonyl (C=O) groups is 1. The maximum Gasteiger partial charge on any atom is 0.275 e. The summed E-state index contributed by atoms with van der Waals surface area (Å²) in [4.78, 5) is 15.4. The van der Waals surface area contributed by atoms with Crippen molar-refractivity contribution >= 4 is 17.3 Å². The minimum atomic E-state index is -0.199. The number of nitrogens with one attached hydrogen (secondary N) is 1. The summed E-state index contributed by atoms with van der Waals surface area (Å²) in [5.41, 5.74) is 8.21. The molecule has 4 nitrogen and oxygen atoms in total. The Balaban J connectivity index is 1.74. The van der Waals surface area contributed by atoms with Gasteiger partial charge in [0.2, 0.25) is 0 Å². The number of ether oxygens (including phenoxy) is 1. The predicted molar refractivity (Wildman–Crippen MR) is 127 cm³/mol. The third-order valence-electron chi connectivity index (χ3n) is 6.06. The first-order chi connectivity index (χ1) is 14.9. The first-order valence-corrected chi connectivity index (χ1v) is 10.5. The summed E-state index contributed by atoms with van der Waals surface area (Å²) in [5, 5.41) is 3.35. The van der Waals surface area contributed by atoms with E-state index in [4.69, 9.17) is 4.74 Å². The second kappa shape index (κ2) is 8.31. The normalized spacial score (nSPS) is 15.8. The van der Waals surface area contributed by atoms with Crippen LogP contribution in [-0.4, -0.2) is 13.0 Å². The molecule has 0 aliphatic carbocycles. The number of hydrogen-bond donors (Lipinski definition) is 1. The molecule has 4 heteroatoms. The van der Waals surface area contributed by atoms with Crippen LogP contribution in [0.2, 0.25) is 0 Å². The summed E-state index contributed by atoms with van der Waals surface area (Å²) in [5.74, 6) is 0.755. The van der Waals surface area contributed by atoms with Gasteiger partial charge in [-0.3, -0.25) is 9.69 Å². The summed E-state index contributed by atoms with van der Waals surface area (Å²) < 4.78 is 5.31. The van der Waals surface area contributed by atoms with E-state index < -0.39 is 0 Å². The smallest absolute Gasteiger partial charge is 0.275 e. The molecule has 0 saturated carbocycles. The lowest BCUT2D eigenvalue weighted by Gasteiger charge is -2.26. The van der Waals surface area contributed by atoms with E-state index in [9.17, 15) is 4.79 Å². The van der Waals surface area contributed by atoms with Gasteiger partial charge in [0, 0.05) is 11.4 Å². The fraction of sp³-hybridized carbons (Fsp3) is 0.222. The van der Waals surface area contributed by atoms with E-state index in [1.54, 1.807) is 7.11 Å². The fourth-order valence-corrected chi connectivity index (χ4v) is 3.83. The van der Waals surface area contributed by atoms with Crippen molar-refractivity contribution in [2.75, 3.05) is 17.3 Å². The van der Waals surface area contributed by atoms with Crippen molar-refractivity contribution in [3.05, 3.63) is 100 Å². The average molecular weight is 413 g/mol. The Hall–Kier alpha value is -3.53. The summed E-state index contributed by atoms with van der Waals surface area (Å²) in [6, 6.07) is 20.0. The number of benzene rings is 3. The topological polar surface area (TPSA) is 41.6 Å². The Labute approximate surface area is 184 Å². The summed E-state index contributed by atoms with van der Waals surface area (Å²) in [6.45, 7) is 8.31. The van der Waals surface area contributed by atoms with Crippen LogP contribution >= 0.6 is 0 Å². The molecular formula is C27H28N2O2. The van der Waals surface area contributed by atoms with Crippen molar-refractivity contribution in [3.63, 3.8) is 0 Å². The molecule has 0 unspecified atom stereocenters. The fourth-order valence-electron chi connectivity index (χ4n) is 3.83. The van der Waals surface area contributed by atoms with Crippen molar-refractivity contribution < 1.29 is 9.53 Å². The van der Waals surface area contributed by atoms with Gasteiger partial charge in [0.15, 0.2) is 0 Å². The van der Waals surface area contributed by atoms with Gasteiger partial charge in [-0.25, -0.2) is 0 Å². The maximum atomic E-state index is 13.5. The number of amides is 1. The van der Waals surface area contributed by atoms with E-state index in [1.807, 2.05) is 47.4 Å². The van der Waals surface area contributed by atoms with Crippen LogP contribution in [0.1, 0.15) is 33.9 Å². The van der Waals surface area contributed by atoms with Crippen LogP contribution in [0.25, 0.3) is 0 Å². The van der Waals surface area contributed by atoms with E-state index in [0.717, 1.165) is 28.3 Å². The Morgan fingerprint density at radius 1 is 0.806 bits per heavy atom. The molecule has 0 fully saturated rings. The van der Waals surface area contributed by atoms with Crippen LogP contribution in [0, 0.1) is 27.7 Å². The zero-order chi connectivity index (χ0) is 22.1. The van der Waals surface area contributed by atoms with Crippen molar-refractivity contribution in [2.45, 2.75) is 33.7 Å². The highest BCUT2D eigenvalue weighted by Gasteiger charge is 2.35. The number of hydrogen-bond acceptors (Lipinski definition) is 3. The van der Waals surface area contributed by atoms with Gasteiger partial charge in [0.05, 0.1) is 13.2 Å². The van der Waals surface area contributed by atoms with E-state index in [2.05, 4.69) is 57.3 Å². The van der Waals surface area contributed by atoms with Gasteiger partial charge in [0.25, 0.3) is 5.91 Å². The van der Waals surface area contributed by atoms with E-state index >= 15 is 0 Å². The lowest BCUT2D eigenvalue weighted by atomic mass is 10.0. The average Bonchev–Trinajstić information content (AvgIpc) is 3.09. The summed E-state index contributed by atoms with van der Waals surface area (Å²) in [6.07, 6.45) is 2.01. The highest BCUT2D eigenvalue weighted by atomic mass is 16.5. The van der Waals surface area contributed by atoms with Crippen molar-refractivity contribution in [3.8, 4) is 5.75 Å². The molecule has 0 saturated heterocycles. The first-order valence-electron chi connectivity index (χ1n) is 10.5. The van der Waals surface area contributed by atoms with E-state index in [-0.39, 0.29) is 11.9 Å². The SMILES string of the molecule is COc1ccc([C@@H]2C=C(Nc3ccc(C)c(C)c3)C(=O)N2c2ccc(C)c(C)c2)cc1. The lowest BCUT2D eigenvalue weighted by molar-refractivity contribution is -0.114. The van der Waals surface area contributed by atoms with Gasteiger partial charge < -0.3 is 10.1 Å². The molecule has 0 bridgehead atoms. The summed E-state index contributed by atoms with van der Waals surface area (Å²) in [7, 11) is 1.65. The van der Waals surface area contributed by atoms with Crippen LogP contribution in [0.5, 0.6) is 5.75 Å². The lowest BCUT2D eigenvalue weighted by Crippen LogP contribution is -2.30. The highest BCUT2D eigenvalue weighted by Crippen LogP contribution is 2.37. The molecule has 0 spiro atoms. The van der Waals surface area contributed by atoms with Crippen LogP contribution < -0.4 is 15.0 Å². The molecular weight excluding hydrogens is 384 g/mol. The van der Waals surface area contributed by atoms with Crippen molar-refractivity contribution in [1.29, 1.82) is 0 Å². The van der Waals surface area contributed by atoms with Gasteiger partial charge >= 0.3 is 0 Å². The van der Waals surface area contributed by atoms with Crippen LogP contribution in [0.4, 0.5) is 11.4 Å². The standard InChI is InChI=1S/C27H28N2O2/c1-17-6-10-22(14-19(17)3)28-25-16-26(21-8-12-24(31-5)13-9-21)29(27(25)30)23-11-7-18(2)20(4)15-23/h6-16,26,28H,1-5H3/t26-/m0/s1. The maximum absolute atomic E-state index is 13.5. The molecule has 1 heterocycles. The zero-order valence-electron chi connectivity index (χ0n) is 18.7. The minimum Gasteiger partial charge on any atom is -0.497 e. The molecule has 1 aliphatic heterocycles. The van der Waals surface area contributed by atoms with Crippen LogP contribution in [0.15, 0.2) is 72.4 Å². The Morgan fingerprint density at radius 2 is 1.45 bits per heavy atom. The molecule has 158 valence electrons. The van der Waals surface area contributed by atoms with Crippen molar-refractivity contribution in [2.24, 2.45) is 0 Å².